The van der Waals surface area contributed by atoms with Crippen LogP contribution in [0.1, 0.15) is 18.1 Å². The normalized spacial score (nSPS) is 10.6. The topological polar surface area (TPSA) is 41.5 Å². The maximum atomic E-state index is 13.3. The van der Waals surface area contributed by atoms with E-state index >= 15 is 0 Å². The van der Waals surface area contributed by atoms with Gasteiger partial charge in [0.2, 0.25) is 0 Å². The summed E-state index contributed by atoms with van der Waals surface area (Å²) in [6, 6.07) is 11.7. The molecule has 0 fully saturated rings. The summed E-state index contributed by atoms with van der Waals surface area (Å²) in [4.78, 5) is 0. The number of para-hydroxylation sites is 1. The van der Waals surface area contributed by atoms with Crippen LogP contribution in [-0.2, 0) is 13.2 Å². The molecule has 106 valence electrons. The Balaban J connectivity index is 2.28. The van der Waals surface area contributed by atoms with Gasteiger partial charge in [-0.05, 0) is 30.8 Å². The van der Waals surface area contributed by atoms with Crippen LogP contribution in [-0.4, -0.2) is 11.7 Å². The molecule has 2 rings (SSSR count). The van der Waals surface area contributed by atoms with Crippen molar-refractivity contribution in [2.75, 3.05) is 6.54 Å². The molecule has 20 heavy (non-hydrogen) atoms. The van der Waals surface area contributed by atoms with Crippen molar-refractivity contribution >= 4 is 0 Å². The third-order valence-corrected chi connectivity index (χ3v) is 2.95. The molecular formula is C16H18FNO2. The number of ether oxygens (including phenoxy) is 1. The first kappa shape index (κ1) is 14.5. The summed E-state index contributed by atoms with van der Waals surface area (Å²) in [7, 11) is 0. The zero-order valence-corrected chi connectivity index (χ0v) is 11.4. The van der Waals surface area contributed by atoms with Crippen molar-refractivity contribution in [1.82, 2.24) is 5.32 Å². The molecule has 0 saturated heterocycles. The SMILES string of the molecule is CCNCc1cc(F)ccc1Oc1ccccc1CO. The maximum absolute atomic E-state index is 13.3. The van der Waals surface area contributed by atoms with Crippen LogP contribution >= 0.6 is 0 Å². The second-order valence-electron chi connectivity index (χ2n) is 4.40. The molecule has 0 saturated carbocycles. The quantitative estimate of drug-likeness (QED) is 0.850. The van der Waals surface area contributed by atoms with Crippen molar-refractivity contribution in [3.8, 4) is 11.5 Å². The molecule has 0 atom stereocenters. The Morgan fingerprint density at radius 3 is 2.60 bits per heavy atom. The first-order valence-electron chi connectivity index (χ1n) is 6.60. The summed E-state index contributed by atoms with van der Waals surface area (Å²) in [6.07, 6.45) is 0. The van der Waals surface area contributed by atoms with E-state index in [0.29, 0.717) is 23.6 Å². The van der Waals surface area contributed by atoms with Crippen LogP contribution in [0.4, 0.5) is 4.39 Å². The first-order valence-corrected chi connectivity index (χ1v) is 6.60. The van der Waals surface area contributed by atoms with E-state index in [0.717, 1.165) is 12.1 Å². The van der Waals surface area contributed by atoms with Crippen molar-refractivity contribution < 1.29 is 14.2 Å². The number of benzene rings is 2. The largest absolute Gasteiger partial charge is 0.457 e. The van der Waals surface area contributed by atoms with E-state index in [4.69, 9.17) is 4.74 Å². The second-order valence-corrected chi connectivity index (χ2v) is 4.40. The average Bonchev–Trinajstić information content (AvgIpc) is 2.48. The van der Waals surface area contributed by atoms with Crippen LogP contribution in [0.25, 0.3) is 0 Å². The monoisotopic (exact) mass is 275 g/mol. The Labute approximate surface area is 118 Å². The number of nitrogens with one attached hydrogen (secondary N) is 1. The molecule has 2 N–H and O–H groups in total. The molecule has 0 aliphatic carbocycles. The fraction of sp³-hybridized carbons (Fsp3) is 0.250. The molecule has 0 heterocycles. The Bertz CT molecular complexity index is 572. The van der Waals surface area contributed by atoms with Gasteiger partial charge in [-0.1, -0.05) is 25.1 Å². The Morgan fingerprint density at radius 1 is 1.10 bits per heavy atom. The molecule has 0 aromatic heterocycles. The molecule has 0 spiro atoms. The zero-order valence-electron chi connectivity index (χ0n) is 11.4. The van der Waals surface area contributed by atoms with Crippen LogP contribution in [0.2, 0.25) is 0 Å². The lowest BCUT2D eigenvalue weighted by Gasteiger charge is -2.13. The van der Waals surface area contributed by atoms with Crippen LogP contribution in [0.5, 0.6) is 11.5 Å². The standard InChI is InChI=1S/C16H18FNO2/c1-2-18-10-13-9-14(17)7-8-16(13)20-15-6-4-3-5-12(15)11-19/h3-9,18-19H,2,10-11H2,1H3. The predicted octanol–water partition coefficient (Wildman–Crippen LogP) is 3.22. The molecule has 3 nitrogen and oxygen atoms in total. The summed E-state index contributed by atoms with van der Waals surface area (Å²) >= 11 is 0. The number of rotatable bonds is 6. The van der Waals surface area contributed by atoms with Crippen molar-refractivity contribution in [2.24, 2.45) is 0 Å². The molecule has 2 aromatic carbocycles. The molecule has 0 bridgehead atoms. The van der Waals surface area contributed by atoms with Gasteiger partial charge in [0, 0.05) is 17.7 Å². The Kier molecular flexibility index (Phi) is 5.09. The van der Waals surface area contributed by atoms with Crippen LogP contribution < -0.4 is 10.1 Å². The highest BCUT2D eigenvalue weighted by atomic mass is 19.1. The van der Waals surface area contributed by atoms with Gasteiger partial charge in [0.25, 0.3) is 0 Å². The van der Waals surface area contributed by atoms with Crippen LogP contribution in [0.15, 0.2) is 42.5 Å². The highest BCUT2D eigenvalue weighted by Crippen LogP contribution is 2.28. The maximum Gasteiger partial charge on any atom is 0.132 e. The molecule has 2 aromatic rings. The third kappa shape index (κ3) is 3.56. The summed E-state index contributed by atoms with van der Waals surface area (Å²) < 4.78 is 19.2. The van der Waals surface area contributed by atoms with E-state index in [1.807, 2.05) is 19.1 Å². The zero-order chi connectivity index (χ0) is 14.4. The van der Waals surface area contributed by atoms with E-state index in [2.05, 4.69) is 5.32 Å². The van der Waals surface area contributed by atoms with Gasteiger partial charge in [-0.2, -0.15) is 0 Å². The second kappa shape index (κ2) is 7.03. The molecule has 4 heteroatoms. The minimum atomic E-state index is -0.291. The lowest BCUT2D eigenvalue weighted by molar-refractivity contribution is 0.276. The summed E-state index contributed by atoms with van der Waals surface area (Å²) in [5, 5.41) is 12.4. The van der Waals surface area contributed by atoms with Gasteiger partial charge in [-0.25, -0.2) is 4.39 Å². The van der Waals surface area contributed by atoms with Gasteiger partial charge >= 0.3 is 0 Å². The average molecular weight is 275 g/mol. The fourth-order valence-electron chi connectivity index (χ4n) is 1.90. The van der Waals surface area contributed by atoms with Gasteiger partial charge in [-0.15, -0.1) is 0 Å². The van der Waals surface area contributed by atoms with Crippen LogP contribution in [0.3, 0.4) is 0 Å². The highest BCUT2D eigenvalue weighted by Gasteiger charge is 2.09. The van der Waals surface area contributed by atoms with Crippen LogP contribution in [0, 0.1) is 5.82 Å². The summed E-state index contributed by atoms with van der Waals surface area (Å²) in [5.41, 5.74) is 1.45. The van der Waals surface area contributed by atoms with Crippen molar-refractivity contribution in [3.05, 3.63) is 59.4 Å². The van der Waals surface area contributed by atoms with Crippen molar-refractivity contribution in [3.63, 3.8) is 0 Å². The Morgan fingerprint density at radius 2 is 1.85 bits per heavy atom. The highest BCUT2D eigenvalue weighted by molar-refractivity contribution is 5.41. The fourth-order valence-corrected chi connectivity index (χ4v) is 1.90. The number of hydrogen-bond acceptors (Lipinski definition) is 3. The molecular weight excluding hydrogens is 257 g/mol. The van der Waals surface area contributed by atoms with E-state index in [1.54, 1.807) is 18.2 Å². The molecule has 0 unspecified atom stereocenters. The molecule has 0 radical (unpaired) electrons. The lowest BCUT2D eigenvalue weighted by atomic mass is 10.1. The molecule has 0 amide bonds. The predicted molar refractivity (Wildman–Crippen MR) is 76.2 cm³/mol. The lowest BCUT2D eigenvalue weighted by Crippen LogP contribution is -2.12. The number of hydrogen-bond donors (Lipinski definition) is 2. The summed E-state index contributed by atoms with van der Waals surface area (Å²) in [6.45, 7) is 3.22. The number of aliphatic hydroxyl groups is 1. The van der Waals surface area contributed by atoms with Crippen molar-refractivity contribution in [1.29, 1.82) is 0 Å². The van der Waals surface area contributed by atoms with Crippen molar-refractivity contribution in [2.45, 2.75) is 20.1 Å². The molecule has 0 aliphatic heterocycles. The van der Waals surface area contributed by atoms with Gasteiger partial charge in [-0.3, -0.25) is 0 Å². The minimum Gasteiger partial charge on any atom is -0.457 e. The minimum absolute atomic E-state index is 0.0973. The summed E-state index contributed by atoms with van der Waals surface area (Å²) in [5.74, 6) is 0.883. The smallest absolute Gasteiger partial charge is 0.132 e. The number of aliphatic hydroxyl groups excluding tert-OH is 1. The third-order valence-electron chi connectivity index (χ3n) is 2.95. The van der Waals surface area contributed by atoms with E-state index in [1.165, 1.54) is 12.1 Å². The van der Waals surface area contributed by atoms with Gasteiger partial charge in [0.15, 0.2) is 0 Å². The van der Waals surface area contributed by atoms with Gasteiger partial charge in [0.05, 0.1) is 6.61 Å². The van der Waals surface area contributed by atoms with E-state index in [9.17, 15) is 9.50 Å². The van der Waals surface area contributed by atoms with Gasteiger partial charge < -0.3 is 15.2 Å². The first-order chi connectivity index (χ1) is 9.74. The number of halogens is 1. The Hall–Kier alpha value is -1.91. The van der Waals surface area contributed by atoms with Gasteiger partial charge in [0.1, 0.15) is 17.3 Å². The molecule has 0 aliphatic rings. The van der Waals surface area contributed by atoms with E-state index in [-0.39, 0.29) is 12.4 Å². The van der Waals surface area contributed by atoms with E-state index < -0.39 is 0 Å².